The van der Waals surface area contributed by atoms with Crippen LogP contribution in [0.3, 0.4) is 0 Å². The Hall–Kier alpha value is -3.44. The van der Waals surface area contributed by atoms with Crippen molar-refractivity contribution >= 4 is 52.6 Å². The van der Waals surface area contributed by atoms with E-state index in [0.717, 1.165) is 49.2 Å². The van der Waals surface area contributed by atoms with Crippen LogP contribution < -0.4 is 5.32 Å². The highest BCUT2D eigenvalue weighted by atomic mass is 32.1. The van der Waals surface area contributed by atoms with Crippen LogP contribution in [0.15, 0.2) is 24.3 Å². The standard InChI is InChI=1S/C33H40F2N5O7PS/c1-19(41)38-13-12-23-9-10-27(32(44)39-16-24(25(17-39)36-2)20-6-4-3-5-7-20)40(23)31(43)26(18-38)37-30(42)29-15-21-14-22(8-11-28(21)49-29)33(34,35)48(45,46)47/h8,11,14-15,20,23-27H,3-7,9-10,12-13,16-18H2,1H3,(H,37,42)(H2,45,46,47)/t23-,24+,25-,26+,27+/m1/s1. The molecule has 264 valence electrons. The van der Waals surface area contributed by atoms with Crippen molar-refractivity contribution in [2.45, 2.75) is 88.1 Å². The van der Waals surface area contributed by atoms with Crippen LogP contribution in [0.4, 0.5) is 8.78 Å². The Balaban J connectivity index is 1.22. The van der Waals surface area contributed by atoms with Gasteiger partial charge in [0.25, 0.3) is 5.91 Å². The molecule has 4 aliphatic rings. The number of nitrogens with one attached hydrogen (secondary N) is 1. The van der Waals surface area contributed by atoms with E-state index < -0.39 is 42.7 Å². The van der Waals surface area contributed by atoms with Crippen LogP contribution in [0.25, 0.3) is 14.9 Å². The van der Waals surface area contributed by atoms with Crippen molar-refractivity contribution < 1.29 is 42.3 Å². The smallest absolute Gasteiger partial charge is 0.340 e. The Labute approximate surface area is 286 Å². The molecule has 3 aliphatic heterocycles. The van der Waals surface area contributed by atoms with Crippen molar-refractivity contribution in [2.24, 2.45) is 11.8 Å². The number of halogens is 2. The summed E-state index contributed by atoms with van der Waals surface area (Å²) in [5.41, 5.74) is -5.32. The molecule has 4 heterocycles. The van der Waals surface area contributed by atoms with Crippen molar-refractivity contribution in [2.75, 3.05) is 26.2 Å². The molecule has 3 saturated heterocycles. The normalized spacial score (nSPS) is 27.1. The average Bonchev–Trinajstić information content (AvgIpc) is 3.81. The highest BCUT2D eigenvalue weighted by Crippen LogP contribution is 2.59. The second kappa shape index (κ2) is 13.7. The molecular weight excluding hydrogens is 679 g/mol. The van der Waals surface area contributed by atoms with E-state index in [9.17, 15) is 32.5 Å². The molecule has 0 radical (unpaired) electrons. The lowest BCUT2D eigenvalue weighted by Gasteiger charge is -2.39. The predicted molar refractivity (Wildman–Crippen MR) is 177 cm³/mol. The zero-order valence-corrected chi connectivity index (χ0v) is 28.8. The molecule has 4 fully saturated rings. The van der Waals surface area contributed by atoms with E-state index in [-0.39, 0.29) is 46.6 Å². The van der Waals surface area contributed by atoms with Gasteiger partial charge in [-0.15, -0.1) is 11.3 Å². The SMILES string of the molecule is [C-]#[N+][C@@H]1CN(C(=O)[C@@H]2CC[C@@H]3CCN(C(C)=O)C[C@H](NC(=O)c4cc5cc(C(F)(F)P(=O)(O)O)ccc5s4)C(=O)N32)C[C@H]1C1CCCCC1. The lowest BCUT2D eigenvalue weighted by molar-refractivity contribution is -0.148. The molecule has 0 unspecified atom stereocenters. The fraction of sp³-hybridized carbons (Fsp3) is 0.606. The van der Waals surface area contributed by atoms with Crippen molar-refractivity contribution in [3.8, 4) is 0 Å². The third-order valence-electron chi connectivity index (χ3n) is 10.7. The summed E-state index contributed by atoms with van der Waals surface area (Å²) in [6.07, 6.45) is 7.03. The summed E-state index contributed by atoms with van der Waals surface area (Å²) in [5, 5.41) is 2.89. The maximum atomic E-state index is 14.4. The number of thiophene rings is 1. The van der Waals surface area contributed by atoms with Gasteiger partial charge in [0.05, 0.1) is 17.3 Å². The van der Waals surface area contributed by atoms with Gasteiger partial charge in [-0.1, -0.05) is 25.3 Å². The number of amides is 4. The molecule has 0 spiro atoms. The summed E-state index contributed by atoms with van der Waals surface area (Å²) in [6, 6.07) is 1.81. The number of nitrogens with zero attached hydrogens (tertiary/aromatic N) is 4. The molecule has 5 atom stereocenters. The van der Waals surface area contributed by atoms with Gasteiger partial charge in [0.2, 0.25) is 23.8 Å². The van der Waals surface area contributed by atoms with Gasteiger partial charge in [0.15, 0.2) is 0 Å². The summed E-state index contributed by atoms with van der Waals surface area (Å²) in [5.74, 6) is -1.13. The van der Waals surface area contributed by atoms with Crippen molar-refractivity contribution in [1.82, 2.24) is 20.0 Å². The Morgan fingerprint density at radius 3 is 2.43 bits per heavy atom. The van der Waals surface area contributed by atoms with Crippen LogP contribution in [0.2, 0.25) is 0 Å². The molecular formula is C33H40F2N5O7PS. The van der Waals surface area contributed by atoms with E-state index in [1.165, 1.54) is 30.4 Å². The molecule has 1 aromatic heterocycles. The highest BCUT2D eigenvalue weighted by molar-refractivity contribution is 7.52. The second-order valence-electron chi connectivity index (χ2n) is 13.7. The first-order valence-corrected chi connectivity index (χ1v) is 19.1. The van der Waals surface area contributed by atoms with Crippen molar-refractivity contribution in [1.29, 1.82) is 0 Å². The lowest BCUT2D eigenvalue weighted by atomic mass is 9.78. The molecule has 49 heavy (non-hydrogen) atoms. The monoisotopic (exact) mass is 719 g/mol. The number of alkyl halides is 2. The topological polar surface area (TPSA) is 152 Å². The average molecular weight is 720 g/mol. The van der Waals surface area contributed by atoms with Crippen LogP contribution in [-0.4, -0.2) is 98.5 Å². The Morgan fingerprint density at radius 2 is 1.76 bits per heavy atom. The first-order chi connectivity index (χ1) is 23.2. The van der Waals surface area contributed by atoms with Gasteiger partial charge in [0, 0.05) is 42.9 Å². The first-order valence-electron chi connectivity index (χ1n) is 16.7. The van der Waals surface area contributed by atoms with E-state index in [1.54, 1.807) is 9.80 Å². The fourth-order valence-corrected chi connectivity index (χ4v) is 9.54. The molecule has 1 saturated carbocycles. The maximum Gasteiger partial charge on any atom is 0.399 e. The Kier molecular flexibility index (Phi) is 9.89. The molecule has 2 aromatic rings. The van der Waals surface area contributed by atoms with Gasteiger partial charge < -0.3 is 34.6 Å². The van der Waals surface area contributed by atoms with Crippen LogP contribution in [-0.2, 0) is 24.6 Å². The van der Waals surface area contributed by atoms with Crippen LogP contribution in [0.5, 0.6) is 0 Å². The van der Waals surface area contributed by atoms with Gasteiger partial charge in [-0.3, -0.25) is 23.7 Å². The summed E-state index contributed by atoms with van der Waals surface area (Å²) in [6.45, 7) is 10.2. The molecule has 4 amide bonds. The highest BCUT2D eigenvalue weighted by Gasteiger charge is 2.51. The molecule has 6 rings (SSSR count). The number of carbonyl (C=O) groups excluding carboxylic acids is 4. The van der Waals surface area contributed by atoms with Gasteiger partial charge in [-0.2, -0.15) is 8.78 Å². The zero-order valence-electron chi connectivity index (χ0n) is 27.1. The van der Waals surface area contributed by atoms with Gasteiger partial charge in [-0.25, -0.2) is 6.57 Å². The van der Waals surface area contributed by atoms with E-state index in [0.29, 0.717) is 49.5 Å². The van der Waals surface area contributed by atoms with Crippen molar-refractivity contribution in [3.63, 3.8) is 0 Å². The van der Waals surface area contributed by atoms with Crippen LogP contribution in [0, 0.1) is 18.4 Å². The van der Waals surface area contributed by atoms with Crippen LogP contribution in [0.1, 0.15) is 73.5 Å². The lowest BCUT2D eigenvalue weighted by Crippen LogP contribution is -2.61. The Morgan fingerprint density at radius 1 is 1.02 bits per heavy atom. The van der Waals surface area contributed by atoms with Crippen LogP contribution >= 0.6 is 18.9 Å². The zero-order chi connectivity index (χ0) is 35.2. The summed E-state index contributed by atoms with van der Waals surface area (Å²) < 4.78 is 40.5. The number of benzene rings is 1. The number of rotatable bonds is 6. The molecule has 12 nitrogen and oxygen atoms in total. The minimum Gasteiger partial charge on any atom is -0.340 e. The predicted octanol–water partition coefficient (Wildman–Crippen LogP) is 4.17. The van der Waals surface area contributed by atoms with E-state index in [4.69, 9.17) is 16.4 Å². The van der Waals surface area contributed by atoms with E-state index in [1.807, 2.05) is 0 Å². The summed E-state index contributed by atoms with van der Waals surface area (Å²) >= 11 is 0.953. The molecule has 1 aliphatic carbocycles. The van der Waals surface area contributed by atoms with Crippen molar-refractivity contribution in [3.05, 3.63) is 46.1 Å². The third kappa shape index (κ3) is 6.85. The maximum absolute atomic E-state index is 14.4. The molecule has 1 aromatic carbocycles. The summed E-state index contributed by atoms with van der Waals surface area (Å²) in [7, 11) is -5.80. The number of fused-ring (bicyclic) bond motifs is 2. The largest absolute Gasteiger partial charge is 0.399 e. The number of hydrogen-bond donors (Lipinski definition) is 3. The molecule has 16 heteroatoms. The summed E-state index contributed by atoms with van der Waals surface area (Å²) in [4.78, 5) is 81.5. The number of hydrogen-bond acceptors (Lipinski definition) is 6. The number of likely N-dealkylation sites (tertiary alicyclic amines) is 1. The number of carbonyl (C=O) groups is 4. The van der Waals surface area contributed by atoms with Gasteiger partial charge in [0.1, 0.15) is 12.1 Å². The third-order valence-corrected chi connectivity index (χ3v) is 12.8. The minimum atomic E-state index is -5.80. The van der Waals surface area contributed by atoms with E-state index in [2.05, 4.69) is 10.2 Å². The Bertz CT molecular complexity index is 1740. The quantitative estimate of drug-likeness (QED) is 0.300. The molecule has 0 bridgehead atoms. The fourth-order valence-electron chi connectivity index (χ4n) is 8.11. The molecule has 3 N–H and O–H groups in total. The first kappa shape index (κ1) is 35.4. The van der Waals surface area contributed by atoms with E-state index >= 15 is 0 Å². The van der Waals surface area contributed by atoms with Gasteiger partial charge in [-0.05, 0) is 61.6 Å². The van der Waals surface area contributed by atoms with Gasteiger partial charge >= 0.3 is 13.3 Å². The second-order valence-corrected chi connectivity index (χ2v) is 16.5. The minimum absolute atomic E-state index is 0.0671.